The van der Waals surface area contributed by atoms with Gasteiger partial charge in [0.15, 0.2) is 0 Å². The maximum absolute atomic E-state index is 3.36. The molecule has 0 rings (SSSR count). The molecule has 0 amide bonds. The van der Waals surface area contributed by atoms with E-state index in [0.717, 1.165) is 12.5 Å². The van der Waals surface area contributed by atoms with Gasteiger partial charge in [-0.15, -0.1) is 0 Å². The highest BCUT2D eigenvalue weighted by Gasteiger charge is 2.00. The second-order valence-corrected chi connectivity index (χ2v) is 4.37. The maximum Gasteiger partial charge on any atom is -0.00465 e. The van der Waals surface area contributed by atoms with Crippen LogP contribution in [-0.4, -0.2) is 25.1 Å². The molecular weight excluding hydrogens is 166 g/mol. The molecule has 0 fully saturated rings. The van der Waals surface area contributed by atoms with Crippen LogP contribution in [0.3, 0.4) is 0 Å². The van der Waals surface area contributed by atoms with Crippen molar-refractivity contribution in [2.75, 3.05) is 25.1 Å². The van der Waals surface area contributed by atoms with E-state index in [9.17, 15) is 0 Å². The van der Waals surface area contributed by atoms with Crippen molar-refractivity contribution in [3.05, 3.63) is 0 Å². The van der Waals surface area contributed by atoms with E-state index < -0.39 is 0 Å². The van der Waals surface area contributed by atoms with Crippen LogP contribution in [0.5, 0.6) is 0 Å². The molecule has 1 N–H and O–H groups in total. The first-order valence-electron chi connectivity index (χ1n) is 5.00. The monoisotopic (exact) mass is 189 g/mol. The first kappa shape index (κ1) is 12.3. The third kappa shape index (κ3) is 8.41. The Morgan fingerprint density at radius 1 is 1.33 bits per heavy atom. The summed E-state index contributed by atoms with van der Waals surface area (Å²) in [4.78, 5) is 0. The van der Waals surface area contributed by atoms with Gasteiger partial charge in [-0.3, -0.25) is 0 Å². The fourth-order valence-electron chi connectivity index (χ4n) is 1.25. The Balaban J connectivity index is 3.04. The average molecular weight is 189 g/mol. The first-order chi connectivity index (χ1) is 5.81. The van der Waals surface area contributed by atoms with Gasteiger partial charge in [-0.1, -0.05) is 13.8 Å². The second kappa shape index (κ2) is 9.40. The fraction of sp³-hybridized carbons (Fsp3) is 1.00. The minimum atomic E-state index is 0.899. The summed E-state index contributed by atoms with van der Waals surface area (Å²) >= 11 is 1.96. The van der Waals surface area contributed by atoms with Gasteiger partial charge in [0.1, 0.15) is 0 Å². The van der Waals surface area contributed by atoms with Gasteiger partial charge in [0.05, 0.1) is 0 Å². The van der Waals surface area contributed by atoms with Crippen molar-refractivity contribution in [1.29, 1.82) is 0 Å². The van der Waals surface area contributed by atoms with Crippen molar-refractivity contribution < 1.29 is 0 Å². The van der Waals surface area contributed by atoms with Crippen LogP contribution in [0, 0.1) is 5.92 Å². The number of hydrogen-bond donors (Lipinski definition) is 1. The van der Waals surface area contributed by atoms with Crippen molar-refractivity contribution in [1.82, 2.24) is 5.32 Å². The molecule has 0 saturated carbocycles. The molecule has 0 heterocycles. The van der Waals surface area contributed by atoms with E-state index in [4.69, 9.17) is 0 Å². The second-order valence-electron chi connectivity index (χ2n) is 3.38. The Bertz CT molecular complexity index is 75.9. The molecule has 1 nitrogen and oxygen atoms in total. The number of rotatable bonds is 8. The molecule has 0 aliphatic rings. The summed E-state index contributed by atoms with van der Waals surface area (Å²) in [7, 11) is 0. The van der Waals surface area contributed by atoms with E-state index in [2.05, 4.69) is 25.4 Å². The standard InChI is InChI=1S/C10H23NS/c1-4-11-8-7-10(2)6-5-9-12-3/h10-11H,4-9H2,1-3H3. The van der Waals surface area contributed by atoms with Crippen molar-refractivity contribution in [2.24, 2.45) is 5.92 Å². The Hall–Kier alpha value is 0.310. The van der Waals surface area contributed by atoms with Gasteiger partial charge in [-0.25, -0.2) is 0 Å². The highest BCUT2D eigenvalue weighted by Crippen LogP contribution is 2.11. The van der Waals surface area contributed by atoms with E-state index in [1.54, 1.807) is 0 Å². The van der Waals surface area contributed by atoms with Gasteiger partial charge in [-0.2, -0.15) is 11.8 Å². The number of thioether (sulfide) groups is 1. The topological polar surface area (TPSA) is 12.0 Å². The van der Waals surface area contributed by atoms with Gasteiger partial charge < -0.3 is 5.32 Å². The molecule has 0 aromatic heterocycles. The van der Waals surface area contributed by atoms with Crippen LogP contribution < -0.4 is 5.32 Å². The van der Waals surface area contributed by atoms with Crippen LogP contribution in [0.4, 0.5) is 0 Å². The minimum absolute atomic E-state index is 0.899. The lowest BCUT2D eigenvalue weighted by molar-refractivity contribution is 0.470. The predicted molar refractivity (Wildman–Crippen MR) is 59.9 cm³/mol. The summed E-state index contributed by atoms with van der Waals surface area (Å²) in [5.74, 6) is 2.22. The van der Waals surface area contributed by atoms with Crippen molar-refractivity contribution in [2.45, 2.75) is 33.1 Å². The third-order valence-corrected chi connectivity index (χ3v) is 2.81. The molecule has 0 bridgehead atoms. The zero-order chi connectivity index (χ0) is 9.23. The highest BCUT2D eigenvalue weighted by molar-refractivity contribution is 7.98. The van der Waals surface area contributed by atoms with Crippen molar-refractivity contribution in [3.63, 3.8) is 0 Å². The van der Waals surface area contributed by atoms with E-state index >= 15 is 0 Å². The third-order valence-electron chi connectivity index (χ3n) is 2.11. The summed E-state index contributed by atoms with van der Waals surface area (Å²) in [6, 6.07) is 0. The predicted octanol–water partition coefficient (Wildman–Crippen LogP) is 2.77. The molecular formula is C10H23NS. The summed E-state index contributed by atoms with van der Waals surface area (Å²) in [5, 5.41) is 3.36. The average Bonchev–Trinajstić information content (AvgIpc) is 2.06. The zero-order valence-corrected chi connectivity index (χ0v) is 9.54. The lowest BCUT2D eigenvalue weighted by atomic mass is 10.0. The first-order valence-corrected chi connectivity index (χ1v) is 6.40. The molecule has 0 saturated heterocycles. The molecule has 12 heavy (non-hydrogen) atoms. The molecule has 1 atom stereocenters. The van der Waals surface area contributed by atoms with E-state index in [1.807, 2.05) is 11.8 Å². The number of hydrogen-bond acceptors (Lipinski definition) is 2. The van der Waals surface area contributed by atoms with Gasteiger partial charge in [-0.05, 0) is 50.3 Å². The van der Waals surface area contributed by atoms with Gasteiger partial charge in [0.25, 0.3) is 0 Å². The Kier molecular flexibility index (Phi) is 9.64. The summed E-state index contributed by atoms with van der Waals surface area (Å²) in [5.41, 5.74) is 0. The van der Waals surface area contributed by atoms with Crippen LogP contribution in [0.25, 0.3) is 0 Å². The fourth-order valence-corrected chi connectivity index (χ4v) is 1.70. The molecule has 0 aliphatic carbocycles. The molecule has 0 aromatic carbocycles. The lowest BCUT2D eigenvalue weighted by Gasteiger charge is -2.10. The lowest BCUT2D eigenvalue weighted by Crippen LogP contribution is -2.16. The van der Waals surface area contributed by atoms with Crippen LogP contribution in [0.1, 0.15) is 33.1 Å². The van der Waals surface area contributed by atoms with Crippen LogP contribution in [-0.2, 0) is 0 Å². The SMILES string of the molecule is CCNCCC(C)CCCSC. The molecule has 0 radical (unpaired) electrons. The molecule has 74 valence electrons. The summed E-state index contributed by atoms with van der Waals surface area (Å²) in [6.45, 7) is 6.82. The molecule has 0 aliphatic heterocycles. The minimum Gasteiger partial charge on any atom is -0.317 e. The van der Waals surface area contributed by atoms with Crippen molar-refractivity contribution in [3.8, 4) is 0 Å². The van der Waals surface area contributed by atoms with Crippen molar-refractivity contribution >= 4 is 11.8 Å². The summed E-state index contributed by atoms with van der Waals surface area (Å²) < 4.78 is 0. The van der Waals surface area contributed by atoms with E-state index in [-0.39, 0.29) is 0 Å². The van der Waals surface area contributed by atoms with E-state index in [0.29, 0.717) is 0 Å². The molecule has 2 heteroatoms. The Morgan fingerprint density at radius 3 is 2.67 bits per heavy atom. The Morgan fingerprint density at radius 2 is 2.08 bits per heavy atom. The normalized spacial score (nSPS) is 13.2. The van der Waals surface area contributed by atoms with Crippen LogP contribution in [0.15, 0.2) is 0 Å². The Labute approximate surface area is 81.7 Å². The van der Waals surface area contributed by atoms with Gasteiger partial charge in [0.2, 0.25) is 0 Å². The van der Waals surface area contributed by atoms with Crippen LogP contribution >= 0.6 is 11.8 Å². The largest absolute Gasteiger partial charge is 0.317 e. The molecule has 0 spiro atoms. The van der Waals surface area contributed by atoms with Gasteiger partial charge >= 0.3 is 0 Å². The smallest absolute Gasteiger partial charge is 0.00465 e. The molecule has 1 unspecified atom stereocenters. The quantitative estimate of drug-likeness (QED) is 0.589. The van der Waals surface area contributed by atoms with Crippen LogP contribution in [0.2, 0.25) is 0 Å². The summed E-state index contributed by atoms with van der Waals surface area (Å²) in [6.07, 6.45) is 6.30. The highest BCUT2D eigenvalue weighted by atomic mass is 32.2. The van der Waals surface area contributed by atoms with Gasteiger partial charge in [0, 0.05) is 0 Å². The molecule has 0 aromatic rings. The zero-order valence-electron chi connectivity index (χ0n) is 8.73. The van der Waals surface area contributed by atoms with E-state index in [1.165, 1.54) is 31.6 Å². The number of nitrogens with one attached hydrogen (secondary N) is 1. The maximum atomic E-state index is 3.36.